The zero-order valence-corrected chi connectivity index (χ0v) is 21.1. The normalized spacial score (nSPS) is 14.5. The van der Waals surface area contributed by atoms with Crippen molar-refractivity contribution in [3.05, 3.63) is 82.1 Å². The first-order valence-electron chi connectivity index (χ1n) is 12.1. The third-order valence-electron chi connectivity index (χ3n) is 6.78. The lowest BCUT2D eigenvalue weighted by Crippen LogP contribution is -2.41. The lowest BCUT2D eigenvalue weighted by atomic mass is 9.95. The molecule has 1 amide bonds. The van der Waals surface area contributed by atoms with Crippen LogP contribution in [0.15, 0.2) is 54.6 Å². The third-order valence-corrected chi connectivity index (χ3v) is 7.04. The highest BCUT2D eigenvalue weighted by molar-refractivity contribution is 6.30. The van der Waals surface area contributed by atoms with Gasteiger partial charge < -0.3 is 10.2 Å². The Hall–Kier alpha value is -3.38. The second kappa shape index (κ2) is 9.70. The van der Waals surface area contributed by atoms with Crippen molar-refractivity contribution >= 4 is 29.0 Å². The van der Waals surface area contributed by atoms with Crippen LogP contribution in [0.1, 0.15) is 35.4 Å². The van der Waals surface area contributed by atoms with E-state index in [1.54, 1.807) is 0 Å². The number of hydrogen-bond acceptors (Lipinski definition) is 4. The maximum Gasteiger partial charge on any atom is 0.223 e. The number of anilines is 1. The Bertz CT molecular complexity index is 1350. The molecule has 2 aromatic carbocycles. The number of amides is 1. The summed E-state index contributed by atoms with van der Waals surface area (Å²) in [6, 6.07) is 18.2. The fourth-order valence-corrected chi connectivity index (χ4v) is 4.94. The van der Waals surface area contributed by atoms with Gasteiger partial charge in [-0.15, -0.1) is 0 Å². The van der Waals surface area contributed by atoms with Crippen molar-refractivity contribution in [1.29, 1.82) is 0 Å². The number of benzene rings is 2. The average Bonchev–Trinajstić information content (AvgIpc) is 3.19. The number of carbonyl (C=O) groups excluding carboxylic acids is 1. The first-order chi connectivity index (χ1) is 16.9. The highest BCUT2D eigenvalue weighted by atomic mass is 35.5. The highest BCUT2D eigenvalue weighted by Gasteiger charge is 2.27. The van der Waals surface area contributed by atoms with E-state index in [2.05, 4.69) is 47.5 Å². The van der Waals surface area contributed by atoms with Crippen LogP contribution in [-0.4, -0.2) is 33.6 Å². The molecule has 7 heteroatoms. The SMILES string of the molecule is Cc1ccc(CNC(=O)C2CCN(c3cc(C)nc4c(-c5ccc(Cl)cc5)c(C)nn34)CC2)cc1. The predicted octanol–water partition coefficient (Wildman–Crippen LogP) is 5.51. The van der Waals surface area contributed by atoms with Crippen LogP contribution in [0.4, 0.5) is 5.82 Å². The van der Waals surface area contributed by atoms with Gasteiger partial charge in [0.05, 0.1) is 5.69 Å². The average molecular weight is 488 g/mol. The Labute approximate surface area is 210 Å². The summed E-state index contributed by atoms with van der Waals surface area (Å²) >= 11 is 6.10. The van der Waals surface area contributed by atoms with Gasteiger partial charge in [0, 0.05) is 47.9 Å². The van der Waals surface area contributed by atoms with Crippen LogP contribution in [0.5, 0.6) is 0 Å². The number of rotatable bonds is 5. The quantitative estimate of drug-likeness (QED) is 0.403. The van der Waals surface area contributed by atoms with Gasteiger partial charge in [-0.05, 0) is 56.9 Å². The van der Waals surface area contributed by atoms with Gasteiger partial charge in [-0.3, -0.25) is 4.79 Å². The minimum Gasteiger partial charge on any atom is -0.356 e. The van der Waals surface area contributed by atoms with Crippen molar-refractivity contribution in [2.24, 2.45) is 5.92 Å². The molecular weight excluding hydrogens is 458 g/mol. The van der Waals surface area contributed by atoms with Crippen LogP contribution in [-0.2, 0) is 11.3 Å². The van der Waals surface area contributed by atoms with Gasteiger partial charge in [0.1, 0.15) is 5.82 Å². The van der Waals surface area contributed by atoms with Crippen molar-refractivity contribution in [1.82, 2.24) is 19.9 Å². The van der Waals surface area contributed by atoms with Crippen LogP contribution in [0.25, 0.3) is 16.8 Å². The molecule has 1 saturated heterocycles. The van der Waals surface area contributed by atoms with Crippen LogP contribution in [0.2, 0.25) is 5.02 Å². The second-order valence-electron chi connectivity index (χ2n) is 9.42. The van der Waals surface area contributed by atoms with Crippen molar-refractivity contribution in [3.63, 3.8) is 0 Å². The molecule has 0 radical (unpaired) electrons. The number of aryl methyl sites for hydroxylation is 3. The molecule has 1 aliphatic heterocycles. The molecule has 35 heavy (non-hydrogen) atoms. The molecule has 0 bridgehead atoms. The second-order valence-corrected chi connectivity index (χ2v) is 9.86. The molecule has 1 aliphatic rings. The number of fused-ring (bicyclic) bond motifs is 1. The molecule has 0 atom stereocenters. The van der Waals surface area contributed by atoms with Crippen LogP contribution < -0.4 is 10.2 Å². The molecule has 1 fully saturated rings. The number of hydrogen-bond donors (Lipinski definition) is 1. The van der Waals surface area contributed by atoms with Crippen molar-refractivity contribution in [2.75, 3.05) is 18.0 Å². The van der Waals surface area contributed by atoms with Crippen molar-refractivity contribution in [2.45, 2.75) is 40.2 Å². The van der Waals surface area contributed by atoms with Crippen LogP contribution in [0, 0.1) is 26.7 Å². The molecule has 180 valence electrons. The number of halogens is 1. The highest BCUT2D eigenvalue weighted by Crippen LogP contribution is 2.32. The number of carbonyl (C=O) groups is 1. The Morgan fingerprint density at radius 1 is 1.03 bits per heavy atom. The Kier molecular flexibility index (Phi) is 6.48. The van der Waals surface area contributed by atoms with Gasteiger partial charge in [0.2, 0.25) is 5.91 Å². The summed E-state index contributed by atoms with van der Waals surface area (Å²) in [7, 11) is 0. The maximum absolute atomic E-state index is 12.8. The molecule has 6 nitrogen and oxygen atoms in total. The van der Waals surface area contributed by atoms with Gasteiger partial charge in [-0.1, -0.05) is 53.6 Å². The molecular formula is C28H30ClN5O. The lowest BCUT2D eigenvalue weighted by molar-refractivity contribution is -0.125. The van der Waals surface area contributed by atoms with E-state index < -0.39 is 0 Å². The van der Waals surface area contributed by atoms with E-state index in [1.807, 2.05) is 42.6 Å². The van der Waals surface area contributed by atoms with Gasteiger partial charge >= 0.3 is 0 Å². The van der Waals surface area contributed by atoms with Gasteiger partial charge in [-0.2, -0.15) is 9.61 Å². The van der Waals surface area contributed by atoms with Crippen molar-refractivity contribution in [3.8, 4) is 11.1 Å². The van der Waals surface area contributed by atoms with Gasteiger partial charge in [0.25, 0.3) is 0 Å². The van der Waals surface area contributed by atoms with E-state index >= 15 is 0 Å². The third kappa shape index (κ3) is 4.89. The summed E-state index contributed by atoms with van der Waals surface area (Å²) in [6.07, 6.45) is 1.62. The van der Waals surface area contributed by atoms with Crippen molar-refractivity contribution < 1.29 is 4.79 Å². The number of piperidine rings is 1. The summed E-state index contributed by atoms with van der Waals surface area (Å²) in [6.45, 7) is 8.28. The zero-order valence-electron chi connectivity index (χ0n) is 20.4. The zero-order chi connectivity index (χ0) is 24.5. The summed E-state index contributed by atoms with van der Waals surface area (Å²) in [5.74, 6) is 1.19. The molecule has 0 saturated carbocycles. The van der Waals surface area contributed by atoms with E-state index in [-0.39, 0.29) is 11.8 Å². The fraction of sp³-hybridized carbons (Fsp3) is 0.321. The van der Waals surface area contributed by atoms with E-state index in [4.69, 9.17) is 21.7 Å². The summed E-state index contributed by atoms with van der Waals surface area (Å²) in [5, 5.41) is 8.68. The van der Waals surface area contributed by atoms with E-state index in [9.17, 15) is 4.79 Å². The molecule has 0 unspecified atom stereocenters. The summed E-state index contributed by atoms with van der Waals surface area (Å²) in [4.78, 5) is 20.0. The van der Waals surface area contributed by atoms with E-state index in [0.717, 1.165) is 65.5 Å². The fourth-order valence-electron chi connectivity index (χ4n) is 4.82. The Balaban J connectivity index is 1.31. The largest absolute Gasteiger partial charge is 0.356 e. The topological polar surface area (TPSA) is 62.5 Å². The summed E-state index contributed by atoms with van der Waals surface area (Å²) < 4.78 is 1.95. The number of nitrogens with one attached hydrogen (secondary N) is 1. The number of nitrogens with zero attached hydrogens (tertiary/aromatic N) is 4. The van der Waals surface area contributed by atoms with Crippen LogP contribution >= 0.6 is 11.6 Å². The number of aromatic nitrogens is 3. The molecule has 5 rings (SSSR count). The molecule has 1 N–H and O–H groups in total. The Morgan fingerprint density at radius 2 is 1.71 bits per heavy atom. The first kappa shape index (κ1) is 23.4. The van der Waals surface area contributed by atoms with Gasteiger partial charge in [0.15, 0.2) is 5.65 Å². The lowest BCUT2D eigenvalue weighted by Gasteiger charge is -2.33. The molecule has 0 aliphatic carbocycles. The molecule has 3 heterocycles. The summed E-state index contributed by atoms with van der Waals surface area (Å²) in [5.41, 5.74) is 7.14. The minimum atomic E-state index is 0.0270. The van der Waals surface area contributed by atoms with E-state index in [1.165, 1.54) is 5.56 Å². The first-order valence-corrected chi connectivity index (χ1v) is 12.5. The monoisotopic (exact) mass is 487 g/mol. The molecule has 4 aromatic rings. The molecule has 2 aromatic heterocycles. The van der Waals surface area contributed by atoms with Crippen LogP contribution in [0.3, 0.4) is 0 Å². The standard InChI is InChI=1S/C28H30ClN5O/c1-18-4-6-21(7-5-18)17-30-28(35)23-12-14-33(15-13-23)25-16-19(2)31-27-26(20(3)32-34(25)27)22-8-10-24(29)11-9-22/h4-11,16,23H,12-15,17H2,1-3H3,(H,30,35). The maximum atomic E-state index is 12.8. The van der Waals surface area contributed by atoms with E-state index in [0.29, 0.717) is 11.6 Å². The molecule has 0 spiro atoms. The van der Waals surface area contributed by atoms with Gasteiger partial charge in [-0.25, -0.2) is 4.98 Å². The smallest absolute Gasteiger partial charge is 0.223 e. The minimum absolute atomic E-state index is 0.0270. The Morgan fingerprint density at radius 3 is 2.40 bits per heavy atom. The predicted molar refractivity (Wildman–Crippen MR) is 141 cm³/mol.